The van der Waals surface area contributed by atoms with Crippen molar-refractivity contribution in [3.8, 4) is 23.0 Å². The number of imide groups is 1. The van der Waals surface area contributed by atoms with Crippen LogP contribution in [-0.2, 0) is 4.79 Å². The summed E-state index contributed by atoms with van der Waals surface area (Å²) in [6.45, 7) is 0. The van der Waals surface area contributed by atoms with E-state index in [4.69, 9.17) is 14.2 Å². The number of rotatable bonds is 5. The Labute approximate surface area is 160 Å². The van der Waals surface area contributed by atoms with Crippen LogP contribution in [0.4, 0.5) is 10.5 Å². The number of hydrogen-bond donors (Lipinski definition) is 1. The van der Waals surface area contributed by atoms with Crippen LogP contribution in [0, 0.1) is 0 Å². The highest BCUT2D eigenvalue weighted by Gasteiger charge is 2.36. The number of methoxy groups -OCH3 is 3. The third kappa shape index (κ3) is 3.56. The van der Waals surface area contributed by atoms with Crippen LogP contribution in [0.5, 0.6) is 23.0 Å². The Bertz CT molecular complexity index is 897. The molecule has 1 fully saturated rings. The minimum Gasteiger partial charge on any atom is -0.508 e. The van der Waals surface area contributed by atoms with Crippen LogP contribution in [0.25, 0.3) is 6.08 Å². The molecular formula is C19H17NO6S. The molecule has 0 bridgehead atoms. The Balaban J connectivity index is 1.97. The highest BCUT2D eigenvalue weighted by atomic mass is 32.2. The van der Waals surface area contributed by atoms with E-state index in [2.05, 4.69) is 0 Å². The van der Waals surface area contributed by atoms with Gasteiger partial charge in [0.25, 0.3) is 11.1 Å². The van der Waals surface area contributed by atoms with Gasteiger partial charge in [0.15, 0.2) is 11.5 Å². The minimum absolute atomic E-state index is 0.0543. The lowest BCUT2D eigenvalue weighted by atomic mass is 10.1. The van der Waals surface area contributed by atoms with E-state index >= 15 is 0 Å². The average molecular weight is 387 g/mol. The van der Waals surface area contributed by atoms with Crippen molar-refractivity contribution in [1.29, 1.82) is 0 Å². The van der Waals surface area contributed by atoms with Gasteiger partial charge in [-0.1, -0.05) is 0 Å². The van der Waals surface area contributed by atoms with E-state index in [0.717, 1.165) is 16.7 Å². The number of hydrogen-bond acceptors (Lipinski definition) is 7. The maximum absolute atomic E-state index is 12.7. The van der Waals surface area contributed by atoms with Crippen molar-refractivity contribution in [3.05, 3.63) is 46.9 Å². The molecule has 1 aliphatic rings. The van der Waals surface area contributed by atoms with Gasteiger partial charge < -0.3 is 19.3 Å². The molecule has 1 aliphatic heterocycles. The van der Waals surface area contributed by atoms with Crippen molar-refractivity contribution in [3.63, 3.8) is 0 Å². The summed E-state index contributed by atoms with van der Waals surface area (Å²) in [5.74, 6) is 0.944. The van der Waals surface area contributed by atoms with E-state index in [1.165, 1.54) is 45.6 Å². The zero-order valence-corrected chi connectivity index (χ0v) is 15.7. The number of aromatic hydroxyl groups is 1. The largest absolute Gasteiger partial charge is 0.508 e. The summed E-state index contributed by atoms with van der Waals surface area (Å²) in [5.41, 5.74) is 1.02. The van der Waals surface area contributed by atoms with Gasteiger partial charge in [-0.25, -0.2) is 4.90 Å². The molecule has 1 heterocycles. The molecule has 2 aromatic rings. The number of phenolic OH excluding ortho intramolecular Hbond substituents is 1. The summed E-state index contributed by atoms with van der Waals surface area (Å²) < 4.78 is 15.9. The second-order valence-corrected chi connectivity index (χ2v) is 6.49. The summed E-state index contributed by atoms with van der Waals surface area (Å²) in [6.07, 6.45) is 1.59. The molecule has 27 heavy (non-hydrogen) atoms. The molecule has 0 aromatic heterocycles. The lowest BCUT2D eigenvalue weighted by molar-refractivity contribution is -0.113. The number of carbonyl (C=O) groups is 2. The molecule has 0 aliphatic carbocycles. The van der Waals surface area contributed by atoms with Crippen LogP contribution in [0.1, 0.15) is 5.56 Å². The first kappa shape index (κ1) is 18.7. The second kappa shape index (κ2) is 7.63. The van der Waals surface area contributed by atoms with E-state index in [1.54, 1.807) is 18.2 Å². The Morgan fingerprint density at radius 3 is 2.07 bits per heavy atom. The van der Waals surface area contributed by atoms with E-state index in [9.17, 15) is 14.7 Å². The van der Waals surface area contributed by atoms with E-state index in [0.29, 0.717) is 28.5 Å². The van der Waals surface area contributed by atoms with Crippen LogP contribution >= 0.6 is 11.8 Å². The fraction of sp³-hybridized carbons (Fsp3) is 0.158. The Kier molecular flexibility index (Phi) is 5.27. The van der Waals surface area contributed by atoms with Gasteiger partial charge in [0.05, 0.1) is 31.9 Å². The molecule has 2 aromatic carbocycles. The molecular weight excluding hydrogens is 370 g/mol. The fourth-order valence-corrected chi connectivity index (χ4v) is 3.47. The monoisotopic (exact) mass is 387 g/mol. The van der Waals surface area contributed by atoms with Crippen molar-refractivity contribution in [1.82, 2.24) is 0 Å². The summed E-state index contributed by atoms with van der Waals surface area (Å²) >= 11 is 0.836. The lowest BCUT2D eigenvalue weighted by Crippen LogP contribution is -2.27. The number of carbonyl (C=O) groups excluding carboxylic acids is 2. The molecule has 0 atom stereocenters. The highest BCUT2D eigenvalue weighted by molar-refractivity contribution is 8.19. The first-order valence-corrected chi connectivity index (χ1v) is 8.67. The van der Waals surface area contributed by atoms with Crippen LogP contribution < -0.4 is 19.1 Å². The Morgan fingerprint density at radius 2 is 1.56 bits per heavy atom. The molecule has 0 radical (unpaired) electrons. The maximum atomic E-state index is 12.7. The number of amides is 2. The molecule has 140 valence electrons. The fourth-order valence-electron chi connectivity index (χ4n) is 2.63. The third-order valence-corrected chi connectivity index (χ3v) is 4.76. The van der Waals surface area contributed by atoms with Crippen LogP contribution in [0.2, 0.25) is 0 Å². The van der Waals surface area contributed by atoms with Crippen LogP contribution in [0.3, 0.4) is 0 Å². The quantitative estimate of drug-likeness (QED) is 0.784. The molecule has 0 spiro atoms. The first-order valence-electron chi connectivity index (χ1n) is 7.85. The summed E-state index contributed by atoms with van der Waals surface area (Å²) in [7, 11) is 4.50. The normalized spacial score (nSPS) is 15.4. The number of phenols is 1. The second-order valence-electron chi connectivity index (χ2n) is 5.49. The van der Waals surface area contributed by atoms with Crippen LogP contribution in [0.15, 0.2) is 41.3 Å². The molecule has 1 saturated heterocycles. The summed E-state index contributed by atoms with van der Waals surface area (Å²) in [5, 5.41) is 8.97. The van der Waals surface area contributed by atoms with Gasteiger partial charge >= 0.3 is 0 Å². The van der Waals surface area contributed by atoms with Gasteiger partial charge in [-0.05, 0) is 59.8 Å². The SMILES string of the molecule is COc1cc(/C=C2\SC(=O)N(c3ccc(O)cc3)C2=O)cc(OC)c1OC. The smallest absolute Gasteiger partial charge is 0.298 e. The molecule has 0 unspecified atom stereocenters. The average Bonchev–Trinajstić information content (AvgIpc) is 2.95. The van der Waals surface area contributed by atoms with Gasteiger partial charge in [0.1, 0.15) is 5.75 Å². The number of benzene rings is 2. The standard InChI is InChI=1S/C19H17NO6S/c1-24-14-8-11(9-15(25-2)17(14)26-3)10-16-18(22)20(19(23)27-16)12-4-6-13(21)7-5-12/h4-10,21H,1-3H3/b16-10-. The van der Waals surface area contributed by atoms with E-state index < -0.39 is 11.1 Å². The molecule has 7 nitrogen and oxygen atoms in total. The molecule has 0 saturated carbocycles. The van der Waals surface area contributed by atoms with Crippen molar-refractivity contribution in [2.24, 2.45) is 0 Å². The Morgan fingerprint density at radius 1 is 0.963 bits per heavy atom. The number of ether oxygens (including phenoxy) is 3. The van der Waals surface area contributed by atoms with Crippen molar-refractivity contribution < 1.29 is 28.9 Å². The molecule has 1 N–H and O–H groups in total. The number of nitrogens with zero attached hydrogens (tertiary/aromatic N) is 1. The topological polar surface area (TPSA) is 85.3 Å². The predicted octanol–water partition coefficient (Wildman–Crippen LogP) is 3.66. The van der Waals surface area contributed by atoms with Gasteiger partial charge in [-0.2, -0.15) is 0 Å². The van der Waals surface area contributed by atoms with Crippen molar-refractivity contribution >= 4 is 34.7 Å². The number of anilines is 1. The predicted molar refractivity (Wildman–Crippen MR) is 103 cm³/mol. The molecule has 8 heteroatoms. The molecule has 2 amide bonds. The highest BCUT2D eigenvalue weighted by Crippen LogP contribution is 2.41. The first-order chi connectivity index (χ1) is 13.0. The molecule has 3 rings (SSSR count). The van der Waals surface area contributed by atoms with Gasteiger partial charge in [-0.15, -0.1) is 0 Å². The minimum atomic E-state index is -0.440. The van der Waals surface area contributed by atoms with Gasteiger partial charge in [0.2, 0.25) is 5.75 Å². The maximum Gasteiger partial charge on any atom is 0.298 e. The zero-order valence-electron chi connectivity index (χ0n) is 14.9. The third-order valence-electron chi connectivity index (χ3n) is 3.89. The van der Waals surface area contributed by atoms with Crippen molar-refractivity contribution in [2.45, 2.75) is 0 Å². The number of thioether (sulfide) groups is 1. The summed E-state index contributed by atoms with van der Waals surface area (Å²) in [4.78, 5) is 26.3. The van der Waals surface area contributed by atoms with Gasteiger partial charge in [-0.3, -0.25) is 9.59 Å². The van der Waals surface area contributed by atoms with E-state index in [1.807, 2.05) is 0 Å². The van der Waals surface area contributed by atoms with Gasteiger partial charge in [0, 0.05) is 0 Å². The zero-order chi connectivity index (χ0) is 19.6. The summed E-state index contributed by atoms with van der Waals surface area (Å²) in [6, 6.07) is 9.23. The van der Waals surface area contributed by atoms with E-state index in [-0.39, 0.29) is 10.7 Å². The van der Waals surface area contributed by atoms with Crippen molar-refractivity contribution in [2.75, 3.05) is 26.2 Å². The van der Waals surface area contributed by atoms with Crippen LogP contribution in [-0.4, -0.2) is 37.6 Å². The Hall–Kier alpha value is -3.13. The lowest BCUT2D eigenvalue weighted by Gasteiger charge is -2.13.